The second kappa shape index (κ2) is 13.5. The number of allylic oxidation sites excluding steroid dienone is 1. The molecule has 0 N–H and O–H groups in total. The van der Waals surface area contributed by atoms with E-state index in [1.807, 2.05) is 18.2 Å². The van der Waals surface area contributed by atoms with E-state index in [1.165, 1.54) is 27.8 Å². The van der Waals surface area contributed by atoms with Crippen molar-refractivity contribution in [2.24, 2.45) is 0 Å². The molecule has 3 nitrogen and oxygen atoms in total. The molecule has 0 saturated heterocycles. The van der Waals surface area contributed by atoms with Gasteiger partial charge in [-0.05, 0) is 112 Å². The predicted molar refractivity (Wildman–Crippen MR) is 223 cm³/mol. The highest BCUT2D eigenvalue weighted by Crippen LogP contribution is 2.43. The van der Waals surface area contributed by atoms with E-state index in [1.54, 1.807) is 0 Å². The zero-order chi connectivity index (χ0) is 35.8. The smallest absolute Gasteiger partial charge is 0.142 e. The molecule has 1 aromatic heterocycles. The fourth-order valence-electron chi connectivity index (χ4n) is 7.61. The Kier molecular flexibility index (Phi) is 7.88. The number of ether oxygens (including phenoxy) is 1. The van der Waals surface area contributed by atoms with Crippen LogP contribution in [0.5, 0.6) is 5.75 Å². The Balaban J connectivity index is 0.955. The average molecular weight is 694 g/mol. The summed E-state index contributed by atoms with van der Waals surface area (Å²) in [5, 5.41) is 2.08. The van der Waals surface area contributed by atoms with E-state index in [2.05, 4.69) is 187 Å². The molecule has 54 heavy (non-hydrogen) atoms. The number of furan rings is 1. The molecule has 1 aliphatic rings. The van der Waals surface area contributed by atoms with E-state index in [-0.39, 0.29) is 0 Å². The summed E-state index contributed by atoms with van der Waals surface area (Å²) in [6.07, 6.45) is 2.98. The molecule has 0 atom stereocenters. The van der Waals surface area contributed by atoms with E-state index in [0.29, 0.717) is 0 Å². The zero-order valence-electron chi connectivity index (χ0n) is 29.5. The Bertz CT molecular complexity index is 2780. The van der Waals surface area contributed by atoms with Gasteiger partial charge in [-0.15, -0.1) is 0 Å². The molecule has 0 spiro atoms. The summed E-state index contributed by atoms with van der Waals surface area (Å²) in [5.41, 5.74) is 14.2. The highest BCUT2D eigenvalue weighted by molar-refractivity contribution is 6.10. The van der Waals surface area contributed by atoms with Crippen molar-refractivity contribution in [2.45, 2.75) is 6.42 Å². The third kappa shape index (κ3) is 5.82. The summed E-state index contributed by atoms with van der Waals surface area (Å²) < 4.78 is 13.0. The maximum absolute atomic E-state index is 6.57. The standard InChI is InChI=1S/C51H35NO2/c1-4-11-35(12-5-1)40-15-10-16-41(33-40)36-19-26-44(27-20-36)52(43-17-8-3-9-18-43)45-28-21-37(22-29-45)42-23-30-46-49(34-42)53-48-32-25-39-24-31-47(54-51(39)50(46)48)38-13-6-2-7-14-38/h1-23,25-34H,24H2. The lowest BCUT2D eigenvalue weighted by Crippen LogP contribution is -2.09. The normalized spacial score (nSPS) is 12.3. The zero-order valence-corrected chi connectivity index (χ0v) is 29.5. The Labute approximate surface area is 314 Å². The van der Waals surface area contributed by atoms with Gasteiger partial charge >= 0.3 is 0 Å². The first-order valence-corrected chi connectivity index (χ1v) is 18.4. The molecular weight excluding hydrogens is 659 g/mol. The minimum Gasteiger partial charge on any atom is -0.456 e. The van der Waals surface area contributed by atoms with Gasteiger partial charge in [-0.1, -0.05) is 133 Å². The van der Waals surface area contributed by atoms with Gasteiger partial charge in [0.2, 0.25) is 0 Å². The van der Waals surface area contributed by atoms with Gasteiger partial charge in [0, 0.05) is 28.0 Å². The fraction of sp³-hybridized carbons (Fsp3) is 0.0196. The van der Waals surface area contributed by atoms with Crippen molar-refractivity contribution < 1.29 is 9.15 Å². The third-order valence-electron chi connectivity index (χ3n) is 10.4. The Morgan fingerprint density at radius 2 is 0.907 bits per heavy atom. The summed E-state index contributed by atoms with van der Waals surface area (Å²) >= 11 is 0. The molecule has 0 saturated carbocycles. The van der Waals surface area contributed by atoms with Gasteiger partial charge in [0.25, 0.3) is 0 Å². The summed E-state index contributed by atoms with van der Waals surface area (Å²) in [6, 6.07) is 68.4. The molecule has 10 rings (SSSR count). The van der Waals surface area contributed by atoms with Crippen molar-refractivity contribution in [1.82, 2.24) is 0 Å². The van der Waals surface area contributed by atoms with Gasteiger partial charge < -0.3 is 14.1 Å². The van der Waals surface area contributed by atoms with Crippen molar-refractivity contribution in [1.29, 1.82) is 0 Å². The van der Waals surface area contributed by atoms with Crippen LogP contribution in [-0.2, 0) is 6.42 Å². The van der Waals surface area contributed by atoms with Gasteiger partial charge in [0.1, 0.15) is 22.7 Å². The van der Waals surface area contributed by atoms with Crippen LogP contribution in [0.15, 0.2) is 205 Å². The number of anilines is 3. The lowest BCUT2D eigenvalue weighted by Gasteiger charge is -2.26. The van der Waals surface area contributed by atoms with Crippen LogP contribution < -0.4 is 9.64 Å². The molecule has 0 aliphatic carbocycles. The third-order valence-corrected chi connectivity index (χ3v) is 10.4. The molecule has 0 fully saturated rings. The molecule has 3 heteroatoms. The van der Waals surface area contributed by atoms with Crippen LogP contribution in [0.4, 0.5) is 17.1 Å². The molecule has 8 aromatic carbocycles. The maximum atomic E-state index is 6.57. The van der Waals surface area contributed by atoms with Gasteiger partial charge in [0.15, 0.2) is 0 Å². The molecule has 0 bridgehead atoms. The van der Waals surface area contributed by atoms with E-state index in [0.717, 1.165) is 73.6 Å². The van der Waals surface area contributed by atoms with E-state index in [9.17, 15) is 0 Å². The average Bonchev–Trinajstić information content (AvgIpc) is 3.64. The molecule has 0 radical (unpaired) electrons. The van der Waals surface area contributed by atoms with Gasteiger partial charge in [-0.2, -0.15) is 0 Å². The number of hydrogen-bond acceptors (Lipinski definition) is 3. The molecule has 9 aromatic rings. The Hall–Kier alpha value is -7.10. The lowest BCUT2D eigenvalue weighted by molar-refractivity contribution is 0.504. The van der Waals surface area contributed by atoms with E-state index >= 15 is 0 Å². The summed E-state index contributed by atoms with van der Waals surface area (Å²) in [7, 11) is 0. The molecule has 2 heterocycles. The van der Waals surface area contributed by atoms with E-state index < -0.39 is 0 Å². The highest BCUT2D eigenvalue weighted by Gasteiger charge is 2.21. The summed E-state index contributed by atoms with van der Waals surface area (Å²) in [6.45, 7) is 0. The molecular formula is C51H35NO2. The predicted octanol–water partition coefficient (Wildman–Crippen LogP) is 14.0. The number of rotatable bonds is 7. The molecule has 0 amide bonds. The largest absolute Gasteiger partial charge is 0.456 e. The minimum atomic E-state index is 0.819. The topological polar surface area (TPSA) is 25.6 Å². The summed E-state index contributed by atoms with van der Waals surface area (Å²) in [5.74, 6) is 1.77. The maximum Gasteiger partial charge on any atom is 0.142 e. The number of hydrogen-bond donors (Lipinski definition) is 0. The van der Waals surface area contributed by atoms with Crippen LogP contribution in [0.2, 0.25) is 0 Å². The van der Waals surface area contributed by atoms with Crippen LogP contribution in [0.1, 0.15) is 11.1 Å². The van der Waals surface area contributed by atoms with Gasteiger partial charge in [-0.3, -0.25) is 0 Å². The molecule has 1 aliphatic heterocycles. The Morgan fingerprint density at radius 3 is 1.56 bits per heavy atom. The first kappa shape index (κ1) is 31.6. The fourth-order valence-corrected chi connectivity index (χ4v) is 7.61. The second-order valence-corrected chi connectivity index (χ2v) is 13.7. The van der Waals surface area contributed by atoms with Crippen molar-refractivity contribution in [2.75, 3.05) is 4.90 Å². The van der Waals surface area contributed by atoms with Crippen LogP contribution in [0, 0.1) is 0 Å². The minimum absolute atomic E-state index is 0.819. The molecule has 0 unspecified atom stereocenters. The Morgan fingerprint density at radius 1 is 0.389 bits per heavy atom. The number of benzene rings is 8. The van der Waals surface area contributed by atoms with Gasteiger partial charge in [-0.25, -0.2) is 0 Å². The van der Waals surface area contributed by atoms with Crippen molar-refractivity contribution in [3.63, 3.8) is 0 Å². The first-order valence-electron chi connectivity index (χ1n) is 18.4. The SMILES string of the molecule is C1=C(c2ccccc2)Oc2c(ccc3oc4cc(-c5ccc(N(c6ccccc6)c6ccc(-c7cccc(-c8ccccc8)c7)cc6)cc5)ccc4c23)C1. The van der Waals surface area contributed by atoms with Crippen LogP contribution >= 0.6 is 0 Å². The first-order chi connectivity index (χ1) is 26.7. The van der Waals surface area contributed by atoms with Crippen LogP contribution in [0.25, 0.3) is 61.1 Å². The quantitative estimate of drug-likeness (QED) is 0.166. The molecule has 256 valence electrons. The summed E-state index contributed by atoms with van der Waals surface area (Å²) in [4.78, 5) is 2.30. The second-order valence-electron chi connectivity index (χ2n) is 13.7. The lowest BCUT2D eigenvalue weighted by atomic mass is 9.98. The number of fused-ring (bicyclic) bond motifs is 5. The van der Waals surface area contributed by atoms with Crippen LogP contribution in [-0.4, -0.2) is 0 Å². The number of para-hydroxylation sites is 1. The van der Waals surface area contributed by atoms with Crippen molar-refractivity contribution >= 4 is 44.8 Å². The van der Waals surface area contributed by atoms with Crippen molar-refractivity contribution in [3.05, 3.63) is 211 Å². The van der Waals surface area contributed by atoms with E-state index in [4.69, 9.17) is 9.15 Å². The number of nitrogens with zero attached hydrogens (tertiary/aromatic N) is 1. The van der Waals surface area contributed by atoms with Crippen LogP contribution in [0.3, 0.4) is 0 Å². The van der Waals surface area contributed by atoms with Crippen molar-refractivity contribution in [3.8, 4) is 39.1 Å². The van der Waals surface area contributed by atoms with Gasteiger partial charge in [0.05, 0.1) is 5.39 Å². The highest BCUT2D eigenvalue weighted by atomic mass is 16.5. The monoisotopic (exact) mass is 693 g/mol.